The average Bonchev–Trinajstić information content (AvgIpc) is 3.27. The van der Waals surface area contributed by atoms with Gasteiger partial charge in [0, 0.05) is 37.5 Å². The number of ether oxygens (including phenoxy) is 1. The first-order valence-electron chi connectivity index (χ1n) is 11.5. The lowest BCUT2D eigenvalue weighted by atomic mass is 9.95. The molecule has 5 rings (SSSR count). The summed E-state index contributed by atoms with van der Waals surface area (Å²) in [6.07, 6.45) is 2.03. The van der Waals surface area contributed by atoms with Crippen LogP contribution in [-0.4, -0.2) is 60.9 Å². The summed E-state index contributed by atoms with van der Waals surface area (Å²) in [4.78, 5) is 10.2. The van der Waals surface area contributed by atoms with E-state index < -0.39 is 0 Å². The Balaban J connectivity index is 0.00000245. The van der Waals surface area contributed by atoms with Crippen LogP contribution in [0.4, 0.5) is 5.82 Å². The number of aliphatic hydroxyl groups is 1. The maximum absolute atomic E-state index is 9.15. The van der Waals surface area contributed by atoms with Gasteiger partial charge in [-0.15, -0.1) is 0 Å². The predicted molar refractivity (Wildman–Crippen MR) is 132 cm³/mol. The zero-order chi connectivity index (χ0) is 21.2. The van der Waals surface area contributed by atoms with Gasteiger partial charge in [0.2, 0.25) is 0 Å². The van der Waals surface area contributed by atoms with Gasteiger partial charge >= 0.3 is 0 Å². The van der Waals surface area contributed by atoms with Gasteiger partial charge in [-0.3, -0.25) is 0 Å². The number of hydrogen-bond acceptors (Lipinski definition) is 5. The number of likely N-dealkylation sites (N-methyl/N-ethyl adjacent to an activating group) is 1. The molecule has 0 radical (unpaired) electrons. The summed E-state index contributed by atoms with van der Waals surface area (Å²) < 4.78 is 5.81. The number of hydrogen-bond donors (Lipinski definition) is 1. The summed E-state index contributed by atoms with van der Waals surface area (Å²) in [5, 5.41) is 11.7. The lowest BCUT2D eigenvalue weighted by molar-refractivity contribution is 0.200. The lowest BCUT2D eigenvalue weighted by Gasteiger charge is -2.35. The fourth-order valence-electron chi connectivity index (χ4n) is 5.11. The van der Waals surface area contributed by atoms with Gasteiger partial charge in [-0.05, 0) is 48.0 Å². The van der Waals surface area contributed by atoms with Crippen LogP contribution in [0.1, 0.15) is 43.5 Å². The fraction of sp³-hybridized carbons (Fsp3) is 0.444. The molecule has 5 nitrogen and oxygen atoms in total. The molecule has 1 aromatic heterocycles. The monoisotopic (exact) mass is 433 g/mol. The van der Waals surface area contributed by atoms with Crippen molar-refractivity contribution in [3.63, 3.8) is 0 Å². The number of aliphatic hydroxyl groups excluding tert-OH is 1. The van der Waals surface area contributed by atoms with Crippen LogP contribution in [0.15, 0.2) is 48.5 Å². The number of anilines is 1. The molecule has 170 valence electrons. The highest BCUT2D eigenvalue weighted by Crippen LogP contribution is 2.43. The summed E-state index contributed by atoms with van der Waals surface area (Å²) in [5.74, 6) is 2.32. The van der Waals surface area contributed by atoms with Gasteiger partial charge in [0.05, 0.1) is 12.3 Å². The Bertz CT molecular complexity index is 1060. The maximum atomic E-state index is 9.15. The molecule has 0 spiro atoms. The second-order valence-corrected chi connectivity index (χ2v) is 8.50. The molecule has 1 aliphatic carbocycles. The van der Waals surface area contributed by atoms with Crippen molar-refractivity contribution in [2.75, 3.05) is 50.8 Å². The van der Waals surface area contributed by atoms with E-state index in [1.54, 1.807) is 0 Å². The molecule has 1 atom stereocenters. The molecule has 1 aliphatic heterocycles. The Kier molecular flexibility index (Phi) is 6.97. The fourth-order valence-corrected chi connectivity index (χ4v) is 5.11. The lowest BCUT2D eigenvalue weighted by Crippen LogP contribution is -2.46. The van der Waals surface area contributed by atoms with E-state index in [0.717, 1.165) is 62.8 Å². The van der Waals surface area contributed by atoms with Crippen LogP contribution in [0.25, 0.3) is 10.8 Å². The number of nitrogens with zero attached hydrogens (tertiary/aromatic N) is 3. The summed E-state index contributed by atoms with van der Waals surface area (Å²) >= 11 is 0. The van der Waals surface area contributed by atoms with Gasteiger partial charge in [-0.1, -0.05) is 50.7 Å². The molecule has 2 heterocycles. The van der Waals surface area contributed by atoms with Crippen molar-refractivity contribution in [1.29, 1.82) is 0 Å². The molecule has 0 bridgehead atoms. The van der Waals surface area contributed by atoms with E-state index in [0.29, 0.717) is 6.61 Å². The summed E-state index contributed by atoms with van der Waals surface area (Å²) in [6.45, 7) is 7.95. The van der Waals surface area contributed by atoms with Crippen LogP contribution < -0.4 is 9.64 Å². The molecule has 1 fully saturated rings. The Morgan fingerprint density at radius 2 is 1.88 bits per heavy atom. The Labute approximate surface area is 191 Å². The van der Waals surface area contributed by atoms with Crippen LogP contribution in [0.2, 0.25) is 0 Å². The van der Waals surface area contributed by atoms with Crippen molar-refractivity contribution in [3.05, 3.63) is 65.4 Å². The molecule has 2 aromatic carbocycles. The molecule has 0 saturated carbocycles. The molecule has 0 amide bonds. The molecule has 5 heteroatoms. The topological polar surface area (TPSA) is 48.8 Å². The van der Waals surface area contributed by atoms with E-state index in [-0.39, 0.29) is 20.0 Å². The third-order valence-corrected chi connectivity index (χ3v) is 6.79. The SMILES string of the molecule is C.CCN1CCN(c2nc(C3CCc4c(OCCO)cccc43)cc3ccccc23)CC1. The van der Waals surface area contributed by atoms with Crippen molar-refractivity contribution in [2.45, 2.75) is 33.1 Å². The smallest absolute Gasteiger partial charge is 0.136 e. The maximum Gasteiger partial charge on any atom is 0.136 e. The second-order valence-electron chi connectivity index (χ2n) is 8.50. The normalized spacial score (nSPS) is 18.4. The minimum absolute atomic E-state index is 0. The van der Waals surface area contributed by atoms with Crippen LogP contribution in [0, 0.1) is 0 Å². The minimum atomic E-state index is 0. The van der Waals surface area contributed by atoms with Crippen molar-refractivity contribution in [3.8, 4) is 5.75 Å². The minimum Gasteiger partial charge on any atom is -0.491 e. The summed E-state index contributed by atoms with van der Waals surface area (Å²) in [5.41, 5.74) is 3.75. The Morgan fingerprint density at radius 1 is 1.06 bits per heavy atom. The number of fused-ring (bicyclic) bond motifs is 2. The quantitative estimate of drug-likeness (QED) is 0.622. The summed E-state index contributed by atoms with van der Waals surface area (Å²) in [7, 11) is 0. The highest BCUT2D eigenvalue weighted by Gasteiger charge is 2.29. The van der Waals surface area contributed by atoms with E-state index in [1.807, 2.05) is 6.07 Å². The molecule has 1 N–H and O–H groups in total. The van der Waals surface area contributed by atoms with Crippen molar-refractivity contribution in [1.82, 2.24) is 9.88 Å². The van der Waals surface area contributed by atoms with Crippen molar-refractivity contribution < 1.29 is 9.84 Å². The van der Waals surface area contributed by atoms with Crippen molar-refractivity contribution >= 4 is 16.6 Å². The van der Waals surface area contributed by atoms with Gasteiger partial charge < -0.3 is 19.6 Å². The number of rotatable bonds is 6. The predicted octanol–water partition coefficient (Wildman–Crippen LogP) is 4.46. The highest BCUT2D eigenvalue weighted by atomic mass is 16.5. The van der Waals surface area contributed by atoms with E-state index in [9.17, 15) is 0 Å². The number of pyridine rings is 1. The second kappa shape index (κ2) is 9.88. The molecule has 2 aliphatic rings. The van der Waals surface area contributed by atoms with Gasteiger partial charge in [0.1, 0.15) is 18.2 Å². The van der Waals surface area contributed by atoms with E-state index in [1.165, 1.54) is 21.9 Å². The average molecular weight is 434 g/mol. The zero-order valence-corrected chi connectivity index (χ0v) is 18.3. The molecular formula is C27H35N3O2. The van der Waals surface area contributed by atoms with E-state index >= 15 is 0 Å². The first kappa shape index (κ1) is 22.6. The van der Waals surface area contributed by atoms with Gasteiger partial charge in [0.15, 0.2) is 0 Å². The highest BCUT2D eigenvalue weighted by molar-refractivity contribution is 5.92. The van der Waals surface area contributed by atoms with Crippen molar-refractivity contribution in [2.24, 2.45) is 0 Å². The molecule has 3 aromatic rings. The van der Waals surface area contributed by atoms with Crippen LogP contribution in [0.3, 0.4) is 0 Å². The molecular weight excluding hydrogens is 398 g/mol. The van der Waals surface area contributed by atoms with Crippen LogP contribution in [0.5, 0.6) is 5.75 Å². The first-order chi connectivity index (χ1) is 15.3. The molecule has 1 unspecified atom stereocenters. The van der Waals surface area contributed by atoms with Gasteiger partial charge in [-0.25, -0.2) is 4.98 Å². The van der Waals surface area contributed by atoms with Crippen LogP contribution >= 0.6 is 0 Å². The summed E-state index contributed by atoms with van der Waals surface area (Å²) in [6, 6.07) is 17.2. The largest absolute Gasteiger partial charge is 0.491 e. The Hall–Kier alpha value is -2.63. The van der Waals surface area contributed by atoms with E-state index in [2.05, 4.69) is 59.2 Å². The standard InChI is InChI=1S/C26H31N3O2.CH4/c1-2-28-12-14-29(15-13-28)26-20-7-4-3-6-19(20)18-24(27-26)22-10-11-23-21(22)8-5-9-25(23)31-17-16-30;/h3-9,18,22,30H,2,10-17H2,1H3;1H4. The van der Waals surface area contributed by atoms with Gasteiger partial charge in [-0.2, -0.15) is 0 Å². The number of piperazine rings is 1. The van der Waals surface area contributed by atoms with E-state index in [4.69, 9.17) is 14.8 Å². The molecule has 32 heavy (non-hydrogen) atoms. The van der Waals surface area contributed by atoms with Gasteiger partial charge in [0.25, 0.3) is 0 Å². The molecule has 1 saturated heterocycles. The third-order valence-electron chi connectivity index (χ3n) is 6.79. The Morgan fingerprint density at radius 3 is 2.66 bits per heavy atom. The van der Waals surface area contributed by atoms with Crippen LogP contribution in [-0.2, 0) is 6.42 Å². The zero-order valence-electron chi connectivity index (χ0n) is 18.3. The first-order valence-corrected chi connectivity index (χ1v) is 11.5. The number of benzene rings is 2. The third kappa shape index (κ3) is 4.19. The number of aromatic nitrogens is 1.